The van der Waals surface area contributed by atoms with E-state index in [0.29, 0.717) is 17.9 Å². The topological polar surface area (TPSA) is 72.5 Å². The zero-order chi connectivity index (χ0) is 57.3. The van der Waals surface area contributed by atoms with Crippen LogP contribution in [0.3, 0.4) is 0 Å². The molecule has 1 unspecified atom stereocenters. The molecular formula is C67H98O7Si4. The van der Waals surface area contributed by atoms with Crippen LogP contribution in [0.25, 0.3) is 0 Å². The van der Waals surface area contributed by atoms with Crippen LogP contribution in [0.2, 0.25) is 46.3 Å². The first-order valence-corrected chi connectivity index (χ1v) is 38.4. The summed E-state index contributed by atoms with van der Waals surface area (Å²) in [4.78, 5) is 14.6. The summed E-state index contributed by atoms with van der Waals surface area (Å²) in [6.45, 7) is 36.9. The predicted octanol–water partition coefficient (Wildman–Crippen LogP) is 15.6. The van der Waals surface area contributed by atoms with Crippen LogP contribution < -0.4 is 25.2 Å². The average Bonchev–Trinajstić information content (AvgIpc) is 3.53. The van der Waals surface area contributed by atoms with Gasteiger partial charge in [-0.1, -0.05) is 242 Å². The van der Waals surface area contributed by atoms with Crippen LogP contribution in [0, 0.1) is 0 Å². The highest BCUT2D eigenvalue weighted by Crippen LogP contribution is 2.41. The molecule has 0 heterocycles. The molecule has 5 rings (SSSR count). The van der Waals surface area contributed by atoms with Gasteiger partial charge in [0.25, 0.3) is 8.32 Å². The van der Waals surface area contributed by atoms with Gasteiger partial charge in [-0.2, -0.15) is 0 Å². The summed E-state index contributed by atoms with van der Waals surface area (Å²) in [6.07, 6.45) is 11.2. The molecule has 78 heavy (non-hydrogen) atoms. The maximum Gasteiger partial charge on any atom is 0.338 e. The van der Waals surface area contributed by atoms with Gasteiger partial charge in [-0.3, -0.25) is 0 Å². The van der Waals surface area contributed by atoms with E-state index < -0.39 is 51.4 Å². The number of hydrogen-bond acceptors (Lipinski definition) is 7. The lowest BCUT2D eigenvalue weighted by Crippen LogP contribution is -2.68. The van der Waals surface area contributed by atoms with Gasteiger partial charge in [-0.25, -0.2) is 4.79 Å². The van der Waals surface area contributed by atoms with Crippen molar-refractivity contribution in [3.63, 3.8) is 0 Å². The third-order valence-electron chi connectivity index (χ3n) is 16.3. The molecule has 0 spiro atoms. The number of carbonyl (C=O) groups excluding carboxylic acids is 1. The summed E-state index contributed by atoms with van der Waals surface area (Å²) < 4.78 is 42.6. The highest BCUT2D eigenvalue weighted by molar-refractivity contribution is 7.00. The van der Waals surface area contributed by atoms with Crippen LogP contribution in [0.1, 0.15) is 133 Å². The number of ether oxygens (including phenoxy) is 2. The van der Waals surface area contributed by atoms with Crippen molar-refractivity contribution in [2.45, 2.75) is 193 Å². The average molecular weight is 1130 g/mol. The van der Waals surface area contributed by atoms with Crippen LogP contribution >= 0.6 is 0 Å². The zero-order valence-electron chi connectivity index (χ0n) is 50.7. The summed E-state index contributed by atoms with van der Waals surface area (Å²) in [6, 6.07) is 53.0. The van der Waals surface area contributed by atoms with Crippen molar-refractivity contribution in [3.05, 3.63) is 175 Å². The molecule has 0 radical (unpaired) electrons. The van der Waals surface area contributed by atoms with Crippen molar-refractivity contribution >= 4 is 60.0 Å². The Kier molecular flexibility index (Phi) is 23.8. The minimum atomic E-state index is -3.01. The highest BCUT2D eigenvalue weighted by atomic mass is 28.4. The maximum atomic E-state index is 14.6. The van der Waals surface area contributed by atoms with Crippen molar-refractivity contribution in [1.29, 1.82) is 0 Å². The van der Waals surface area contributed by atoms with Crippen molar-refractivity contribution in [2.75, 3.05) is 13.2 Å². The third kappa shape index (κ3) is 16.1. The summed E-state index contributed by atoms with van der Waals surface area (Å²) in [5, 5.41) is 4.20. The third-order valence-corrected chi connectivity index (χ3v) is 35.4. The quantitative estimate of drug-likeness (QED) is 0.0204. The minimum absolute atomic E-state index is 0.0416. The Hall–Kier alpha value is -4.44. The number of benzene rings is 5. The van der Waals surface area contributed by atoms with Crippen LogP contribution in [0.4, 0.5) is 0 Å². The van der Waals surface area contributed by atoms with Crippen LogP contribution in [-0.2, 0) is 22.8 Å². The van der Waals surface area contributed by atoms with E-state index in [1.54, 1.807) is 0 Å². The molecule has 0 aromatic heterocycles. The second kappa shape index (κ2) is 28.8. The van der Waals surface area contributed by atoms with Gasteiger partial charge in [-0.05, 0) is 118 Å². The van der Waals surface area contributed by atoms with E-state index in [4.69, 9.17) is 27.2 Å². The lowest BCUT2D eigenvalue weighted by molar-refractivity contribution is -0.0609. The van der Waals surface area contributed by atoms with Gasteiger partial charge >= 0.3 is 14.3 Å². The number of carbonyl (C=O) groups is 1. The molecule has 0 saturated carbocycles. The standard InChI is InChI=1S/C67H98O7Si4/c1-17-21-27-46-62(74-76(18-2,19-3)20-4)61(73-75(15,16)65(6,7)8)47-36-26-37-52-69-54(5)63(53-70-77(66(9,10)11,57-38-28-22-29-39-57)58-40-30-23-31-41-58)71-64(68)55-48-50-56(51-49-55)72-78(67(12,13)14,59-42-32-24-33-43-59)60-44-34-25-35-45-60/h22-25,27-36,38-51,54,61-63H,17-21,26,37,52-53H2,1-16H3/b46-27+,47-36+/t54?,61-,62-,63+/m1/s1. The molecule has 11 heteroatoms. The fraction of sp³-hybridized carbons (Fsp3) is 0.478. The summed E-state index contributed by atoms with van der Waals surface area (Å²) in [5.74, 6) is 0.255. The summed E-state index contributed by atoms with van der Waals surface area (Å²) in [7, 11) is -10.1. The Balaban J connectivity index is 1.44. The Bertz CT molecular complexity index is 2490. The second-order valence-corrected chi connectivity index (χ2v) is 42.7. The first kappa shape index (κ1) is 64.4. The van der Waals surface area contributed by atoms with Crippen LogP contribution in [-0.4, -0.2) is 76.9 Å². The van der Waals surface area contributed by atoms with Crippen molar-refractivity contribution < 1.29 is 32.0 Å². The van der Waals surface area contributed by atoms with E-state index in [-0.39, 0.29) is 33.9 Å². The van der Waals surface area contributed by atoms with Crippen molar-refractivity contribution in [2.24, 2.45) is 0 Å². The van der Waals surface area contributed by atoms with Crippen molar-refractivity contribution in [3.8, 4) is 5.75 Å². The summed E-state index contributed by atoms with van der Waals surface area (Å²) in [5.41, 5.74) is 0.426. The largest absolute Gasteiger partial charge is 0.534 e. The first-order valence-electron chi connectivity index (χ1n) is 29.1. The van der Waals surface area contributed by atoms with Crippen LogP contribution in [0.15, 0.2) is 170 Å². The number of allylic oxidation sites excluding steroid dienone is 2. The number of esters is 1. The molecule has 0 aliphatic carbocycles. The molecule has 424 valence electrons. The fourth-order valence-electron chi connectivity index (χ4n) is 10.4. The molecule has 0 aliphatic heterocycles. The van der Waals surface area contributed by atoms with Crippen molar-refractivity contribution in [1.82, 2.24) is 0 Å². The normalized spacial score (nSPS) is 14.8. The van der Waals surface area contributed by atoms with Gasteiger partial charge in [0.1, 0.15) is 11.9 Å². The number of unbranched alkanes of at least 4 members (excludes halogenated alkanes) is 2. The summed E-state index contributed by atoms with van der Waals surface area (Å²) >= 11 is 0. The minimum Gasteiger partial charge on any atom is -0.534 e. The van der Waals surface area contributed by atoms with E-state index in [2.05, 4.69) is 224 Å². The predicted molar refractivity (Wildman–Crippen MR) is 339 cm³/mol. The Morgan fingerprint density at radius 3 is 1.37 bits per heavy atom. The van der Waals surface area contributed by atoms with Gasteiger partial charge in [0, 0.05) is 6.61 Å². The van der Waals surface area contributed by atoms with E-state index in [1.165, 1.54) is 10.4 Å². The van der Waals surface area contributed by atoms with Crippen LogP contribution in [0.5, 0.6) is 5.75 Å². The molecule has 0 aliphatic rings. The number of hydrogen-bond donors (Lipinski definition) is 0. The Labute approximate surface area is 477 Å². The highest BCUT2D eigenvalue weighted by Gasteiger charge is 2.53. The molecule has 0 bridgehead atoms. The maximum absolute atomic E-state index is 14.6. The molecule has 5 aromatic rings. The smallest absolute Gasteiger partial charge is 0.338 e. The molecule has 7 nitrogen and oxygen atoms in total. The van der Waals surface area contributed by atoms with E-state index in [0.717, 1.165) is 54.2 Å². The van der Waals surface area contributed by atoms with E-state index in [9.17, 15) is 4.79 Å². The lowest BCUT2D eigenvalue weighted by Gasteiger charge is -2.44. The van der Waals surface area contributed by atoms with Gasteiger partial charge in [0.15, 0.2) is 16.6 Å². The molecule has 0 saturated heterocycles. The Morgan fingerprint density at radius 1 is 0.538 bits per heavy atom. The van der Waals surface area contributed by atoms with Gasteiger partial charge in [0.05, 0.1) is 30.5 Å². The van der Waals surface area contributed by atoms with Gasteiger partial charge < -0.3 is 27.2 Å². The lowest BCUT2D eigenvalue weighted by atomic mass is 10.1. The fourth-order valence-corrected chi connectivity index (χ4v) is 23.4. The zero-order valence-corrected chi connectivity index (χ0v) is 54.7. The molecular weight excluding hydrogens is 1030 g/mol. The monoisotopic (exact) mass is 1130 g/mol. The molecule has 0 amide bonds. The molecule has 5 aromatic carbocycles. The molecule has 0 N–H and O–H groups in total. The van der Waals surface area contributed by atoms with E-state index >= 15 is 0 Å². The Morgan fingerprint density at radius 2 is 0.962 bits per heavy atom. The number of rotatable bonds is 29. The van der Waals surface area contributed by atoms with E-state index in [1.807, 2.05) is 55.5 Å². The SMILES string of the molecule is CCC/C=C/[C@@H](O[Si](CC)(CC)CC)[C@@H](/C=C/CCCOC(C)[C@H](CO[Si](c1ccccc1)(c1ccccc1)C(C)(C)C)OC(=O)c1ccc(O[Si](c2ccccc2)(c2ccccc2)C(C)(C)C)cc1)O[Si](C)(C)C(C)(C)C. The molecule has 4 atom stereocenters. The van der Waals surface area contributed by atoms with Gasteiger partial charge in [-0.15, -0.1) is 0 Å². The first-order chi connectivity index (χ1) is 36.9. The second-order valence-electron chi connectivity index (χ2n) is 24.7. The molecule has 0 fully saturated rings. The van der Waals surface area contributed by atoms with Gasteiger partial charge in [0.2, 0.25) is 0 Å².